The summed E-state index contributed by atoms with van der Waals surface area (Å²) in [6.07, 6.45) is -4.55. The molecule has 2 aromatic carbocycles. The van der Waals surface area contributed by atoms with E-state index >= 15 is 0 Å². The van der Waals surface area contributed by atoms with Gasteiger partial charge in [-0.15, -0.1) is 11.8 Å². The van der Waals surface area contributed by atoms with E-state index in [4.69, 9.17) is 14.2 Å². The predicted octanol–water partition coefficient (Wildman–Crippen LogP) is 4.81. The molecule has 3 aromatic rings. The number of hydrogen-bond acceptors (Lipinski definition) is 9. The van der Waals surface area contributed by atoms with E-state index in [1.807, 2.05) is 48.5 Å². The number of thioether (sulfide) groups is 1. The Hall–Kier alpha value is -4.66. The van der Waals surface area contributed by atoms with Crippen LogP contribution < -0.4 is 20.5 Å². The maximum Gasteiger partial charge on any atom is 0.410 e. The minimum Gasteiger partial charge on any atom is -0.467 e. The largest absolute Gasteiger partial charge is 0.467 e. The number of nitrogens with one attached hydrogen (secondary N) is 1. The lowest BCUT2D eigenvalue weighted by molar-refractivity contribution is -0.173. The summed E-state index contributed by atoms with van der Waals surface area (Å²) in [5, 5.41) is 3.93. The molecular formula is C32H33F3N4O7S. The predicted molar refractivity (Wildman–Crippen MR) is 166 cm³/mol. The summed E-state index contributed by atoms with van der Waals surface area (Å²) in [5.41, 5.74) is 1.29. The van der Waals surface area contributed by atoms with Crippen molar-refractivity contribution in [2.45, 2.75) is 55.7 Å². The summed E-state index contributed by atoms with van der Waals surface area (Å²) < 4.78 is 59.2. The fourth-order valence-electron chi connectivity index (χ4n) is 5.51. The quantitative estimate of drug-likeness (QED) is 0.265. The molecule has 0 saturated heterocycles. The molecule has 1 N–H and O–H groups in total. The van der Waals surface area contributed by atoms with E-state index in [-0.39, 0.29) is 5.92 Å². The Kier molecular flexibility index (Phi) is 9.75. The van der Waals surface area contributed by atoms with E-state index in [0.29, 0.717) is 10.7 Å². The molecule has 2 aliphatic rings. The van der Waals surface area contributed by atoms with Gasteiger partial charge in [-0.25, -0.2) is 9.59 Å². The van der Waals surface area contributed by atoms with Gasteiger partial charge in [0.1, 0.15) is 18.8 Å². The van der Waals surface area contributed by atoms with Crippen molar-refractivity contribution >= 4 is 29.7 Å². The SMILES string of the molecule is COC(=O)[C@H](NC(=O)OCOc1c2n(ccc1=O)N([C@H]1c3ccccc3CSc3ccccc31)CN([C@H](C)C(F)(F)F)C2=O)C(C)C. The third-order valence-corrected chi connectivity index (χ3v) is 9.18. The average Bonchev–Trinajstić information content (AvgIpc) is 3.20. The van der Waals surface area contributed by atoms with E-state index in [2.05, 4.69) is 5.32 Å². The van der Waals surface area contributed by atoms with Crippen LogP contribution in [0.5, 0.6) is 5.75 Å². The number of hydrogen-bond donors (Lipinski definition) is 1. The summed E-state index contributed by atoms with van der Waals surface area (Å²) in [4.78, 5) is 53.1. The first kappa shape index (κ1) is 33.7. The molecule has 47 heavy (non-hydrogen) atoms. The van der Waals surface area contributed by atoms with Crippen LogP contribution in [0, 0.1) is 5.92 Å². The molecule has 3 heterocycles. The maximum absolute atomic E-state index is 14.2. The number of methoxy groups -OCH3 is 1. The third kappa shape index (κ3) is 6.75. The van der Waals surface area contributed by atoms with Gasteiger partial charge >= 0.3 is 18.2 Å². The summed E-state index contributed by atoms with van der Waals surface area (Å²) >= 11 is 1.59. The molecule has 0 aliphatic carbocycles. The molecule has 5 rings (SSSR count). The van der Waals surface area contributed by atoms with E-state index in [0.717, 1.165) is 41.7 Å². The van der Waals surface area contributed by atoms with Gasteiger partial charge in [0.05, 0.1) is 13.2 Å². The standard InChI is InChI=1S/C32H33F3N4O7S/c1-18(2)25(30(42)44-4)36-31(43)46-17-45-28-23(40)13-14-38-27(28)29(41)37(19(3)32(33,34)35)16-39(38)26-21-10-6-5-9-20(21)15-47-24-12-8-7-11-22(24)26/h5-14,18-19,25-26H,15-17H2,1-4H3,(H,36,43)/t19-,25-,26+/m1/s1. The average molecular weight is 675 g/mol. The highest BCUT2D eigenvalue weighted by Gasteiger charge is 2.48. The number of benzene rings is 2. The zero-order chi connectivity index (χ0) is 34.0. The Balaban J connectivity index is 1.57. The summed E-state index contributed by atoms with van der Waals surface area (Å²) in [6.45, 7) is 2.85. The number of ether oxygens (including phenoxy) is 3. The Morgan fingerprint density at radius 1 is 1.02 bits per heavy atom. The van der Waals surface area contributed by atoms with E-state index < -0.39 is 72.6 Å². The highest BCUT2D eigenvalue weighted by atomic mass is 32.2. The molecule has 0 unspecified atom stereocenters. The van der Waals surface area contributed by atoms with Crippen LogP contribution in [-0.4, -0.2) is 66.4 Å². The first-order chi connectivity index (χ1) is 22.3. The Morgan fingerprint density at radius 3 is 2.38 bits per heavy atom. The van der Waals surface area contributed by atoms with Crippen LogP contribution in [0.4, 0.5) is 18.0 Å². The molecule has 2 aliphatic heterocycles. The third-order valence-electron chi connectivity index (χ3n) is 8.05. The summed E-state index contributed by atoms with van der Waals surface area (Å²) in [6, 6.07) is 12.2. The van der Waals surface area contributed by atoms with Crippen LogP contribution in [0.1, 0.15) is 54.0 Å². The number of carbonyl (C=O) groups is 3. The molecule has 0 fully saturated rings. The van der Waals surface area contributed by atoms with Crippen LogP contribution in [0.3, 0.4) is 0 Å². The summed E-state index contributed by atoms with van der Waals surface area (Å²) in [7, 11) is 1.16. The fourth-order valence-corrected chi connectivity index (χ4v) is 6.61. The lowest BCUT2D eigenvalue weighted by Crippen LogP contribution is -2.60. The first-order valence-corrected chi connectivity index (χ1v) is 15.7. The topological polar surface area (TPSA) is 119 Å². The maximum atomic E-state index is 14.2. The Bertz CT molecular complexity index is 1680. The number of alkyl halides is 3. The van der Waals surface area contributed by atoms with Crippen molar-refractivity contribution in [1.29, 1.82) is 0 Å². The molecular weight excluding hydrogens is 641 g/mol. The Labute approximate surface area is 272 Å². The van der Waals surface area contributed by atoms with E-state index in [1.54, 1.807) is 30.6 Å². The summed E-state index contributed by atoms with van der Waals surface area (Å²) in [5.74, 6) is -2.16. The molecule has 0 radical (unpaired) electrons. The van der Waals surface area contributed by atoms with Gasteiger partial charge in [0.2, 0.25) is 18.0 Å². The van der Waals surface area contributed by atoms with Crippen molar-refractivity contribution in [2.75, 3.05) is 25.6 Å². The number of nitrogens with zero attached hydrogens (tertiary/aromatic N) is 3. The molecule has 0 spiro atoms. The molecule has 250 valence electrons. The number of rotatable bonds is 8. The molecule has 1 aromatic heterocycles. The van der Waals surface area contributed by atoms with Gasteiger partial charge in [-0.3, -0.25) is 19.3 Å². The van der Waals surface area contributed by atoms with Crippen LogP contribution in [0.2, 0.25) is 0 Å². The van der Waals surface area contributed by atoms with Crippen LogP contribution in [0.15, 0.2) is 70.5 Å². The minimum atomic E-state index is -4.79. The zero-order valence-electron chi connectivity index (χ0n) is 25.9. The van der Waals surface area contributed by atoms with Crippen LogP contribution in [0.25, 0.3) is 0 Å². The highest BCUT2D eigenvalue weighted by molar-refractivity contribution is 7.98. The highest BCUT2D eigenvalue weighted by Crippen LogP contribution is 2.43. The zero-order valence-corrected chi connectivity index (χ0v) is 26.8. The molecule has 2 amide bonds. The van der Waals surface area contributed by atoms with Crippen molar-refractivity contribution in [2.24, 2.45) is 5.92 Å². The van der Waals surface area contributed by atoms with Gasteiger partial charge in [-0.2, -0.15) is 13.2 Å². The molecule has 11 nitrogen and oxygen atoms in total. The molecule has 3 atom stereocenters. The number of fused-ring (bicyclic) bond motifs is 3. The number of alkyl carbamates (subject to hydrolysis) is 1. The van der Waals surface area contributed by atoms with E-state index in [1.165, 1.54) is 10.9 Å². The Morgan fingerprint density at radius 2 is 1.70 bits per heavy atom. The van der Waals surface area contributed by atoms with Crippen LogP contribution >= 0.6 is 11.8 Å². The number of esters is 1. The number of amides is 2. The number of carbonyl (C=O) groups excluding carboxylic acids is 3. The monoisotopic (exact) mass is 674 g/mol. The second-order valence-corrected chi connectivity index (χ2v) is 12.3. The van der Waals surface area contributed by atoms with Gasteiger partial charge in [0.15, 0.2) is 5.69 Å². The number of pyridine rings is 1. The van der Waals surface area contributed by atoms with Crippen molar-refractivity contribution in [3.63, 3.8) is 0 Å². The van der Waals surface area contributed by atoms with Crippen molar-refractivity contribution in [3.05, 3.63) is 93.4 Å². The fraction of sp³-hybridized carbons (Fsp3) is 0.375. The minimum absolute atomic E-state index is 0.357. The molecule has 15 heteroatoms. The van der Waals surface area contributed by atoms with Gasteiger partial charge in [-0.05, 0) is 35.6 Å². The normalized spacial score (nSPS) is 17.1. The molecule has 0 bridgehead atoms. The van der Waals surface area contributed by atoms with Crippen molar-refractivity contribution in [3.8, 4) is 5.75 Å². The van der Waals surface area contributed by atoms with Crippen molar-refractivity contribution < 1.29 is 41.8 Å². The smallest absolute Gasteiger partial charge is 0.410 e. The lowest BCUT2D eigenvalue weighted by atomic mass is 9.94. The van der Waals surface area contributed by atoms with Gasteiger partial charge in [0, 0.05) is 22.9 Å². The first-order valence-electron chi connectivity index (χ1n) is 14.7. The number of aromatic nitrogens is 1. The van der Waals surface area contributed by atoms with Crippen LogP contribution in [-0.2, 0) is 20.0 Å². The van der Waals surface area contributed by atoms with E-state index in [9.17, 15) is 32.3 Å². The van der Waals surface area contributed by atoms with Gasteiger partial charge in [-0.1, -0.05) is 56.3 Å². The number of halogens is 3. The molecule has 0 saturated carbocycles. The second kappa shape index (κ2) is 13.6. The second-order valence-electron chi connectivity index (χ2n) is 11.3. The van der Waals surface area contributed by atoms with Gasteiger partial charge in [0.25, 0.3) is 5.91 Å². The van der Waals surface area contributed by atoms with Crippen molar-refractivity contribution in [1.82, 2.24) is 14.9 Å². The lowest BCUT2D eigenvalue weighted by Gasteiger charge is -2.46. The van der Waals surface area contributed by atoms with Gasteiger partial charge < -0.3 is 24.4 Å².